The lowest BCUT2D eigenvalue weighted by Crippen LogP contribution is -2.17. The van der Waals surface area contributed by atoms with Gasteiger partial charge in [0.25, 0.3) is 0 Å². The number of benzene rings is 1. The minimum absolute atomic E-state index is 0.126. The van der Waals surface area contributed by atoms with E-state index in [-0.39, 0.29) is 21.5 Å². The number of carbonyl (C=O) groups is 1. The first kappa shape index (κ1) is 13.9. The van der Waals surface area contributed by atoms with Crippen molar-refractivity contribution in [1.82, 2.24) is 9.78 Å². The molecule has 2 aromatic rings. The molecule has 1 aliphatic rings. The van der Waals surface area contributed by atoms with E-state index in [1.165, 1.54) is 23.9 Å². The number of carboxylic acids is 1. The number of fused-ring (bicyclic) bond motifs is 1. The molecule has 1 aliphatic heterocycles. The first-order valence-electron chi connectivity index (χ1n) is 6.04. The van der Waals surface area contributed by atoms with Gasteiger partial charge in [0, 0.05) is 13.1 Å². The van der Waals surface area contributed by atoms with Gasteiger partial charge >= 0.3 is 5.97 Å². The van der Waals surface area contributed by atoms with Crippen molar-refractivity contribution in [2.75, 3.05) is 13.2 Å². The average Bonchev–Trinajstić information content (AvgIpc) is 2.82. The van der Waals surface area contributed by atoms with Gasteiger partial charge in [0.2, 0.25) is 0 Å². The number of ether oxygens (including phenoxy) is 2. The van der Waals surface area contributed by atoms with Crippen molar-refractivity contribution in [3.05, 3.63) is 28.1 Å². The molecule has 0 radical (unpaired) electrons. The summed E-state index contributed by atoms with van der Waals surface area (Å²) in [5.74, 6) is -1.08. The Morgan fingerprint density at radius 2 is 2.14 bits per heavy atom. The van der Waals surface area contributed by atoms with Crippen molar-refractivity contribution in [3.8, 4) is 22.8 Å². The lowest BCUT2D eigenvalue weighted by Gasteiger charge is -2.22. The van der Waals surface area contributed by atoms with Gasteiger partial charge < -0.3 is 14.6 Å². The third-order valence-electron chi connectivity index (χ3n) is 3.08. The van der Waals surface area contributed by atoms with E-state index >= 15 is 0 Å². The van der Waals surface area contributed by atoms with Crippen LogP contribution in [0, 0.1) is 5.82 Å². The molecule has 2 heterocycles. The Morgan fingerprint density at radius 3 is 2.81 bits per heavy atom. The van der Waals surface area contributed by atoms with Crippen LogP contribution in [0.5, 0.6) is 11.5 Å². The van der Waals surface area contributed by atoms with Gasteiger partial charge in [-0.15, -0.1) is 0 Å². The van der Waals surface area contributed by atoms with Crippen LogP contribution in [0.2, 0.25) is 0 Å². The molecule has 8 heteroatoms. The van der Waals surface area contributed by atoms with Crippen LogP contribution >= 0.6 is 15.9 Å². The Hall–Kier alpha value is -2.09. The summed E-state index contributed by atoms with van der Waals surface area (Å²) in [6.07, 6.45) is 0. The van der Waals surface area contributed by atoms with E-state index in [2.05, 4.69) is 21.0 Å². The van der Waals surface area contributed by atoms with Crippen LogP contribution in [0.4, 0.5) is 4.39 Å². The Morgan fingerprint density at radius 1 is 1.43 bits per heavy atom. The predicted molar refractivity (Wildman–Crippen MR) is 74.3 cm³/mol. The van der Waals surface area contributed by atoms with Crippen LogP contribution in [0.15, 0.2) is 16.6 Å². The van der Waals surface area contributed by atoms with E-state index in [0.717, 1.165) is 0 Å². The summed E-state index contributed by atoms with van der Waals surface area (Å²) in [4.78, 5) is 11.0. The molecule has 0 spiro atoms. The molecule has 1 aromatic heterocycles. The fourth-order valence-electron chi connectivity index (χ4n) is 2.17. The van der Waals surface area contributed by atoms with Gasteiger partial charge in [0.15, 0.2) is 23.0 Å². The van der Waals surface area contributed by atoms with Crippen molar-refractivity contribution in [2.45, 2.75) is 0 Å². The number of hydrogen-bond donors (Lipinski definition) is 1. The van der Waals surface area contributed by atoms with E-state index in [4.69, 9.17) is 14.6 Å². The van der Waals surface area contributed by atoms with Gasteiger partial charge in [-0.3, -0.25) is 4.68 Å². The lowest BCUT2D eigenvalue weighted by atomic mass is 10.1. The van der Waals surface area contributed by atoms with Crippen molar-refractivity contribution in [1.29, 1.82) is 0 Å². The van der Waals surface area contributed by atoms with Crippen LogP contribution in [-0.4, -0.2) is 34.1 Å². The third-order valence-corrected chi connectivity index (χ3v) is 3.66. The maximum Gasteiger partial charge on any atom is 0.356 e. The molecule has 0 bridgehead atoms. The number of nitrogens with zero attached hydrogens (tertiary/aromatic N) is 2. The zero-order chi connectivity index (χ0) is 15.1. The summed E-state index contributed by atoms with van der Waals surface area (Å²) in [5, 5.41) is 12.8. The summed E-state index contributed by atoms with van der Waals surface area (Å²) >= 11 is 3.13. The molecule has 0 aliphatic carbocycles. The van der Waals surface area contributed by atoms with Gasteiger partial charge in [0.1, 0.15) is 13.2 Å². The summed E-state index contributed by atoms with van der Waals surface area (Å²) in [6.45, 7) is 0.668. The van der Waals surface area contributed by atoms with E-state index in [1.54, 1.807) is 0 Å². The molecule has 0 unspecified atom stereocenters. The highest BCUT2D eigenvalue weighted by Crippen LogP contribution is 2.44. The summed E-state index contributed by atoms with van der Waals surface area (Å²) in [6, 6.07) is 2.78. The zero-order valence-corrected chi connectivity index (χ0v) is 12.5. The molecule has 21 heavy (non-hydrogen) atoms. The third kappa shape index (κ3) is 2.25. The molecule has 6 nitrogen and oxygen atoms in total. The first-order chi connectivity index (χ1) is 9.99. The fourth-order valence-corrected chi connectivity index (χ4v) is 2.57. The number of carboxylic acid groups (broad SMARTS) is 1. The normalized spacial score (nSPS) is 13.3. The second kappa shape index (κ2) is 5.03. The Balaban J connectivity index is 2.26. The van der Waals surface area contributed by atoms with Crippen LogP contribution in [0.1, 0.15) is 10.5 Å². The lowest BCUT2D eigenvalue weighted by molar-refractivity contribution is 0.0689. The number of aromatic nitrogens is 2. The maximum absolute atomic E-state index is 14.5. The standard InChI is InChI=1S/C13H10BrFN2O4/c1-17-8(5-7(16-17)13(18)19)10-11(15)6(14)4-9-12(10)21-3-2-20-9/h4-5H,2-3H2,1H3,(H,18,19). The smallest absolute Gasteiger partial charge is 0.356 e. The number of halogens is 2. The molecular weight excluding hydrogens is 347 g/mol. The largest absolute Gasteiger partial charge is 0.486 e. The molecule has 110 valence electrons. The fraction of sp³-hybridized carbons (Fsp3) is 0.231. The van der Waals surface area contributed by atoms with E-state index in [0.29, 0.717) is 24.7 Å². The maximum atomic E-state index is 14.5. The van der Waals surface area contributed by atoms with Crippen molar-refractivity contribution < 1.29 is 23.8 Å². The zero-order valence-electron chi connectivity index (χ0n) is 10.9. The summed E-state index contributed by atoms with van der Waals surface area (Å²) in [5.41, 5.74) is 0.256. The minimum Gasteiger partial charge on any atom is -0.486 e. The van der Waals surface area contributed by atoms with Crippen LogP contribution in [-0.2, 0) is 7.05 Å². The highest BCUT2D eigenvalue weighted by molar-refractivity contribution is 9.10. The molecule has 1 aromatic carbocycles. The molecular formula is C13H10BrFN2O4. The molecule has 0 saturated carbocycles. The van der Waals surface area contributed by atoms with Crippen LogP contribution < -0.4 is 9.47 Å². The Kier molecular flexibility index (Phi) is 3.32. The predicted octanol–water partition coefficient (Wildman–Crippen LogP) is 2.46. The number of rotatable bonds is 2. The van der Waals surface area contributed by atoms with Crippen molar-refractivity contribution in [2.24, 2.45) is 7.05 Å². The first-order valence-corrected chi connectivity index (χ1v) is 6.83. The van der Waals surface area contributed by atoms with E-state index < -0.39 is 11.8 Å². The number of aryl methyl sites for hydroxylation is 1. The molecule has 0 amide bonds. The van der Waals surface area contributed by atoms with Gasteiger partial charge in [-0.05, 0) is 22.0 Å². The molecule has 1 N–H and O–H groups in total. The highest BCUT2D eigenvalue weighted by Gasteiger charge is 2.26. The summed E-state index contributed by atoms with van der Waals surface area (Å²) < 4.78 is 26.9. The second-order valence-electron chi connectivity index (χ2n) is 4.42. The quantitative estimate of drug-likeness (QED) is 0.894. The number of aromatic carboxylic acids is 1. The van der Waals surface area contributed by atoms with Gasteiger partial charge in [-0.25, -0.2) is 9.18 Å². The molecule has 0 fully saturated rings. The van der Waals surface area contributed by atoms with Crippen LogP contribution in [0.3, 0.4) is 0 Å². The van der Waals surface area contributed by atoms with Gasteiger partial charge in [-0.2, -0.15) is 5.10 Å². The van der Waals surface area contributed by atoms with Gasteiger partial charge in [-0.1, -0.05) is 0 Å². The Bertz CT molecular complexity index is 744. The second-order valence-corrected chi connectivity index (χ2v) is 5.27. The van der Waals surface area contributed by atoms with Crippen LogP contribution in [0.25, 0.3) is 11.3 Å². The minimum atomic E-state index is -1.18. The van der Waals surface area contributed by atoms with Crippen molar-refractivity contribution >= 4 is 21.9 Å². The Labute approximate surface area is 127 Å². The summed E-state index contributed by atoms with van der Waals surface area (Å²) in [7, 11) is 1.54. The monoisotopic (exact) mass is 356 g/mol. The topological polar surface area (TPSA) is 73.6 Å². The molecule has 0 saturated heterocycles. The van der Waals surface area contributed by atoms with Crippen molar-refractivity contribution in [3.63, 3.8) is 0 Å². The van der Waals surface area contributed by atoms with E-state index in [1.807, 2.05) is 0 Å². The SMILES string of the molecule is Cn1nc(C(=O)O)cc1-c1c(F)c(Br)cc2c1OCCO2. The molecule has 3 rings (SSSR count). The van der Waals surface area contributed by atoms with Gasteiger partial charge in [0.05, 0.1) is 15.7 Å². The van der Waals surface area contributed by atoms with E-state index in [9.17, 15) is 9.18 Å². The number of hydrogen-bond acceptors (Lipinski definition) is 4. The molecule has 0 atom stereocenters. The average molecular weight is 357 g/mol. The highest BCUT2D eigenvalue weighted by atomic mass is 79.9.